The number of fused-ring (bicyclic) bond motifs is 1. The number of carbonyl (C=O) groups is 1. The number of thiazole rings is 1. The van der Waals surface area contributed by atoms with Crippen molar-refractivity contribution < 1.29 is 4.79 Å². The minimum Gasteiger partial charge on any atom is -0.368 e. The summed E-state index contributed by atoms with van der Waals surface area (Å²) in [4.78, 5) is 23.2. The van der Waals surface area contributed by atoms with Crippen molar-refractivity contribution >= 4 is 22.9 Å². The molecular formula is C21H27N3OS. The van der Waals surface area contributed by atoms with Crippen LogP contribution in [-0.2, 0) is 24.1 Å². The molecule has 1 aromatic carbocycles. The molecule has 138 valence electrons. The highest BCUT2D eigenvalue weighted by molar-refractivity contribution is 7.11. The number of piperazine rings is 1. The van der Waals surface area contributed by atoms with E-state index in [2.05, 4.69) is 36.1 Å². The quantitative estimate of drug-likeness (QED) is 0.826. The second-order valence-electron chi connectivity index (χ2n) is 7.39. The van der Waals surface area contributed by atoms with Gasteiger partial charge in [0.15, 0.2) is 0 Å². The summed E-state index contributed by atoms with van der Waals surface area (Å²) in [5, 5.41) is 1.16. The predicted octanol–water partition coefficient (Wildman–Crippen LogP) is 3.61. The lowest BCUT2D eigenvalue weighted by atomic mass is 10.0. The summed E-state index contributed by atoms with van der Waals surface area (Å²) in [6, 6.07) is 8.62. The first-order valence-electron chi connectivity index (χ1n) is 9.76. The maximum absolute atomic E-state index is 12.6. The lowest BCUT2D eigenvalue weighted by molar-refractivity contribution is -0.131. The molecule has 1 fully saturated rings. The van der Waals surface area contributed by atoms with Crippen LogP contribution in [0.25, 0.3) is 0 Å². The van der Waals surface area contributed by atoms with Crippen molar-refractivity contribution in [1.29, 1.82) is 0 Å². The van der Waals surface area contributed by atoms with E-state index in [9.17, 15) is 4.79 Å². The normalized spacial score (nSPS) is 17.3. The molecule has 1 aliphatic heterocycles. The number of rotatable bonds is 4. The SMILES string of the molecule is Cc1cccc(N2CCN(C(=O)CCc3nc4c(s3)CCCC4)CC2)c1. The maximum atomic E-state index is 12.6. The molecule has 1 aromatic heterocycles. The molecule has 1 amide bonds. The fourth-order valence-electron chi connectivity index (χ4n) is 3.92. The minimum absolute atomic E-state index is 0.280. The van der Waals surface area contributed by atoms with Crippen molar-refractivity contribution in [1.82, 2.24) is 9.88 Å². The largest absolute Gasteiger partial charge is 0.368 e. The highest BCUT2D eigenvalue weighted by Crippen LogP contribution is 2.27. The third-order valence-electron chi connectivity index (χ3n) is 5.44. The molecule has 2 aromatic rings. The van der Waals surface area contributed by atoms with Crippen molar-refractivity contribution in [3.63, 3.8) is 0 Å². The number of aryl methyl sites for hydroxylation is 4. The molecule has 2 heterocycles. The van der Waals surface area contributed by atoms with Crippen molar-refractivity contribution in [2.24, 2.45) is 0 Å². The first-order valence-corrected chi connectivity index (χ1v) is 10.6. The van der Waals surface area contributed by atoms with Crippen molar-refractivity contribution in [3.8, 4) is 0 Å². The molecule has 4 rings (SSSR count). The lowest BCUT2D eigenvalue weighted by Crippen LogP contribution is -2.48. The van der Waals surface area contributed by atoms with E-state index in [1.165, 1.54) is 41.1 Å². The third-order valence-corrected chi connectivity index (χ3v) is 6.66. The monoisotopic (exact) mass is 369 g/mol. The summed E-state index contributed by atoms with van der Waals surface area (Å²) < 4.78 is 0. The molecule has 5 heteroatoms. The molecule has 0 radical (unpaired) electrons. The first kappa shape index (κ1) is 17.5. The lowest BCUT2D eigenvalue weighted by Gasteiger charge is -2.36. The van der Waals surface area contributed by atoms with E-state index >= 15 is 0 Å². The van der Waals surface area contributed by atoms with Gasteiger partial charge in [-0.25, -0.2) is 4.98 Å². The van der Waals surface area contributed by atoms with Crippen molar-refractivity contribution in [2.45, 2.75) is 45.4 Å². The Hall–Kier alpha value is -1.88. The predicted molar refractivity (Wildman–Crippen MR) is 107 cm³/mol. The van der Waals surface area contributed by atoms with Gasteiger partial charge in [-0.15, -0.1) is 11.3 Å². The summed E-state index contributed by atoms with van der Waals surface area (Å²) in [5.74, 6) is 0.280. The van der Waals surface area contributed by atoms with Gasteiger partial charge in [0.25, 0.3) is 0 Å². The van der Waals surface area contributed by atoms with E-state index in [-0.39, 0.29) is 5.91 Å². The van der Waals surface area contributed by atoms with Gasteiger partial charge in [0.2, 0.25) is 5.91 Å². The molecule has 26 heavy (non-hydrogen) atoms. The Kier molecular flexibility index (Phi) is 5.25. The van der Waals surface area contributed by atoms with Gasteiger partial charge in [-0.2, -0.15) is 0 Å². The number of hydrogen-bond acceptors (Lipinski definition) is 4. The van der Waals surface area contributed by atoms with Crippen LogP contribution in [0.2, 0.25) is 0 Å². The van der Waals surface area contributed by atoms with Crippen LogP contribution in [0.4, 0.5) is 5.69 Å². The number of nitrogens with zero attached hydrogens (tertiary/aromatic N) is 3. The van der Waals surface area contributed by atoms with E-state index < -0.39 is 0 Å². The molecule has 0 atom stereocenters. The van der Waals surface area contributed by atoms with Gasteiger partial charge in [0.1, 0.15) is 0 Å². The zero-order valence-electron chi connectivity index (χ0n) is 15.5. The summed E-state index contributed by atoms with van der Waals surface area (Å²) in [6.45, 7) is 5.60. The topological polar surface area (TPSA) is 36.4 Å². The highest BCUT2D eigenvalue weighted by atomic mass is 32.1. The number of amides is 1. The van der Waals surface area contributed by atoms with E-state index in [0.29, 0.717) is 6.42 Å². The Morgan fingerprint density at radius 2 is 1.96 bits per heavy atom. The molecule has 0 spiro atoms. The van der Waals surface area contributed by atoms with E-state index in [4.69, 9.17) is 4.98 Å². The van der Waals surface area contributed by atoms with Gasteiger partial charge >= 0.3 is 0 Å². The summed E-state index contributed by atoms with van der Waals surface area (Å²) in [6.07, 6.45) is 6.26. The van der Waals surface area contributed by atoms with Crippen molar-refractivity contribution in [2.75, 3.05) is 31.1 Å². The van der Waals surface area contributed by atoms with Gasteiger partial charge in [-0.3, -0.25) is 4.79 Å². The number of carbonyl (C=O) groups excluding carboxylic acids is 1. The average Bonchev–Trinajstić information content (AvgIpc) is 3.09. The second kappa shape index (κ2) is 7.78. The van der Waals surface area contributed by atoms with Crippen LogP contribution >= 0.6 is 11.3 Å². The zero-order valence-corrected chi connectivity index (χ0v) is 16.4. The van der Waals surface area contributed by atoms with Crippen LogP contribution in [0, 0.1) is 6.92 Å². The molecule has 0 unspecified atom stereocenters. The number of anilines is 1. The van der Waals surface area contributed by atoms with Crippen LogP contribution in [0.3, 0.4) is 0 Å². The maximum Gasteiger partial charge on any atom is 0.223 e. The van der Waals surface area contributed by atoms with E-state index in [1.807, 2.05) is 16.2 Å². The standard InChI is InChI=1S/C21H27N3OS/c1-16-5-4-6-17(15-16)23-11-13-24(14-12-23)21(25)10-9-20-22-18-7-2-3-8-19(18)26-20/h4-6,15H,2-3,7-14H2,1H3. The summed E-state index contributed by atoms with van der Waals surface area (Å²) >= 11 is 1.83. The zero-order chi connectivity index (χ0) is 17.9. The van der Waals surface area contributed by atoms with Gasteiger partial charge in [-0.05, 0) is 50.3 Å². The Morgan fingerprint density at radius 1 is 1.15 bits per heavy atom. The minimum atomic E-state index is 0.280. The third kappa shape index (κ3) is 3.93. The molecule has 0 N–H and O–H groups in total. The van der Waals surface area contributed by atoms with Crippen LogP contribution < -0.4 is 4.90 Å². The van der Waals surface area contributed by atoms with E-state index in [0.717, 1.165) is 44.0 Å². The Bertz CT molecular complexity index is 754. The molecular weight excluding hydrogens is 342 g/mol. The Balaban J connectivity index is 1.28. The number of hydrogen-bond donors (Lipinski definition) is 0. The molecule has 0 bridgehead atoms. The summed E-state index contributed by atoms with van der Waals surface area (Å²) in [5.41, 5.74) is 3.85. The number of benzene rings is 1. The van der Waals surface area contributed by atoms with Gasteiger partial charge < -0.3 is 9.80 Å². The molecule has 0 saturated carbocycles. The summed E-state index contributed by atoms with van der Waals surface area (Å²) in [7, 11) is 0. The fourth-order valence-corrected chi connectivity index (χ4v) is 5.08. The Morgan fingerprint density at radius 3 is 2.73 bits per heavy atom. The van der Waals surface area contributed by atoms with Crippen LogP contribution in [-0.4, -0.2) is 42.0 Å². The highest BCUT2D eigenvalue weighted by Gasteiger charge is 2.22. The van der Waals surface area contributed by atoms with E-state index in [1.54, 1.807) is 0 Å². The van der Waals surface area contributed by atoms with Crippen LogP contribution in [0.1, 0.15) is 40.4 Å². The number of aromatic nitrogens is 1. The van der Waals surface area contributed by atoms with Crippen LogP contribution in [0.15, 0.2) is 24.3 Å². The molecule has 1 saturated heterocycles. The van der Waals surface area contributed by atoms with Gasteiger partial charge in [0, 0.05) is 49.6 Å². The molecule has 1 aliphatic carbocycles. The second-order valence-corrected chi connectivity index (χ2v) is 8.56. The molecule has 2 aliphatic rings. The first-order chi connectivity index (χ1) is 12.7. The van der Waals surface area contributed by atoms with Gasteiger partial charge in [0.05, 0.1) is 10.7 Å². The fraction of sp³-hybridized carbons (Fsp3) is 0.524. The Labute approximate surface area is 159 Å². The van der Waals surface area contributed by atoms with Gasteiger partial charge in [-0.1, -0.05) is 12.1 Å². The van der Waals surface area contributed by atoms with Crippen molar-refractivity contribution in [3.05, 3.63) is 45.4 Å². The van der Waals surface area contributed by atoms with Crippen LogP contribution in [0.5, 0.6) is 0 Å². The smallest absolute Gasteiger partial charge is 0.223 e. The average molecular weight is 370 g/mol. The molecule has 4 nitrogen and oxygen atoms in total.